The van der Waals surface area contributed by atoms with Gasteiger partial charge in [0.15, 0.2) is 5.60 Å². The summed E-state index contributed by atoms with van der Waals surface area (Å²) in [6.07, 6.45) is -4.51. The van der Waals surface area contributed by atoms with E-state index in [0.717, 1.165) is 26.7 Å². The van der Waals surface area contributed by atoms with Gasteiger partial charge in [0.1, 0.15) is 5.82 Å². The van der Waals surface area contributed by atoms with Gasteiger partial charge in [-0.25, -0.2) is 13.8 Å². The number of fused-ring (bicyclic) bond motifs is 1. The van der Waals surface area contributed by atoms with Crippen LogP contribution in [0.5, 0.6) is 0 Å². The van der Waals surface area contributed by atoms with Gasteiger partial charge in [0.2, 0.25) is 11.8 Å². The quantitative estimate of drug-likeness (QED) is 0.362. The minimum absolute atomic E-state index is 0.0850. The van der Waals surface area contributed by atoms with E-state index in [-0.39, 0.29) is 18.5 Å². The Kier molecular flexibility index (Phi) is 7.32. The van der Waals surface area contributed by atoms with Gasteiger partial charge >= 0.3 is 6.18 Å². The number of rotatable bonds is 11. The highest BCUT2D eigenvalue weighted by atomic mass is 19.4. The van der Waals surface area contributed by atoms with E-state index < -0.39 is 66.3 Å². The number of aromatic nitrogens is 2. The van der Waals surface area contributed by atoms with Gasteiger partial charge in [-0.3, -0.25) is 4.79 Å². The van der Waals surface area contributed by atoms with Gasteiger partial charge in [-0.2, -0.15) is 13.2 Å². The van der Waals surface area contributed by atoms with E-state index in [1.807, 2.05) is 0 Å². The van der Waals surface area contributed by atoms with Crippen LogP contribution in [0.1, 0.15) is 69.8 Å². The van der Waals surface area contributed by atoms with Crippen LogP contribution in [0.3, 0.4) is 0 Å². The maximum atomic E-state index is 13.6. The van der Waals surface area contributed by atoms with Crippen molar-refractivity contribution >= 4 is 16.9 Å². The molecule has 1 aromatic carbocycles. The Labute approximate surface area is 211 Å². The summed E-state index contributed by atoms with van der Waals surface area (Å²) in [6, 6.07) is 4.16. The zero-order valence-corrected chi connectivity index (χ0v) is 20.9. The molecule has 0 bridgehead atoms. The van der Waals surface area contributed by atoms with Gasteiger partial charge < -0.3 is 25.9 Å². The normalized spacial score (nSPS) is 21.9. The van der Waals surface area contributed by atoms with Crippen molar-refractivity contribution in [1.82, 2.24) is 9.97 Å². The first-order valence-corrected chi connectivity index (χ1v) is 12.4. The summed E-state index contributed by atoms with van der Waals surface area (Å²) in [4.78, 5) is 19.9. The zero-order valence-electron chi connectivity index (χ0n) is 20.9. The number of ether oxygens (including phenoxy) is 2. The lowest BCUT2D eigenvalue weighted by Crippen LogP contribution is -2.47. The summed E-state index contributed by atoms with van der Waals surface area (Å²) in [5, 5.41) is 0. The van der Waals surface area contributed by atoms with Gasteiger partial charge in [-0.05, 0) is 57.2 Å². The maximum Gasteiger partial charge on any atom is 0.416 e. The van der Waals surface area contributed by atoms with Crippen molar-refractivity contribution in [3.63, 3.8) is 0 Å². The van der Waals surface area contributed by atoms with E-state index in [2.05, 4.69) is 9.97 Å². The molecule has 2 fully saturated rings. The molecule has 1 aromatic heterocycles. The molecule has 12 heteroatoms. The smallest absolute Gasteiger partial charge is 0.378 e. The minimum atomic E-state index is -4.58. The molecule has 4 atom stereocenters. The Morgan fingerprint density at radius 1 is 1.24 bits per heavy atom. The molecule has 1 unspecified atom stereocenters. The van der Waals surface area contributed by atoms with Gasteiger partial charge in [0, 0.05) is 18.8 Å². The third kappa shape index (κ3) is 6.06. The van der Waals surface area contributed by atoms with Crippen molar-refractivity contribution in [3.8, 4) is 0 Å². The number of hydrogen-bond donors (Lipinski definition) is 3. The van der Waals surface area contributed by atoms with Crippen LogP contribution in [0.2, 0.25) is 0 Å². The van der Waals surface area contributed by atoms with Gasteiger partial charge in [-0.15, -0.1) is 0 Å². The second-order valence-corrected chi connectivity index (χ2v) is 10.8. The van der Waals surface area contributed by atoms with Crippen molar-refractivity contribution < 1.29 is 36.2 Å². The monoisotopic (exact) mass is 532 g/mol. The Morgan fingerprint density at radius 3 is 2.43 bits per heavy atom. The van der Waals surface area contributed by atoms with Crippen LogP contribution >= 0.6 is 0 Å². The summed E-state index contributed by atoms with van der Waals surface area (Å²) in [7, 11) is 0. The zero-order chi connectivity index (χ0) is 27.3. The van der Waals surface area contributed by atoms with Crippen LogP contribution in [0, 0.1) is 11.8 Å². The van der Waals surface area contributed by atoms with Crippen molar-refractivity contribution in [2.75, 3.05) is 6.61 Å². The number of imidazole rings is 1. The standard InChI is InChI=1S/C25H33F5N4O3/c1-12(37-23(2,3)25(28,29)30)20(31)22-33-17-7-4-13(8-18(17)34-22)16(11-36-15-5-6-15)19(21(32)35)14-9-24(26,27)10-14/h4,7-8,12,14-16,19-20H,5-6,9-11,31H2,1-3H3,(H2,32,35)(H,33,34)/t12-,16-,19?,20+/m1/s1. The second-order valence-electron chi connectivity index (χ2n) is 10.8. The van der Waals surface area contributed by atoms with Crippen molar-refractivity contribution in [3.05, 3.63) is 29.6 Å². The average Bonchev–Trinajstić information content (AvgIpc) is 3.49. The number of nitrogens with two attached hydrogens (primary N) is 2. The van der Waals surface area contributed by atoms with E-state index in [9.17, 15) is 26.7 Å². The van der Waals surface area contributed by atoms with Crippen LogP contribution in [-0.2, 0) is 14.3 Å². The molecule has 0 radical (unpaired) electrons. The molecule has 0 spiro atoms. The Bertz CT molecular complexity index is 1120. The highest BCUT2D eigenvalue weighted by Gasteiger charge is 2.52. The Hall–Kier alpha value is -2.31. The first-order chi connectivity index (χ1) is 17.1. The molecule has 4 rings (SSSR count). The number of primary amides is 1. The predicted octanol–water partition coefficient (Wildman–Crippen LogP) is 4.72. The Balaban J connectivity index is 1.58. The van der Waals surface area contributed by atoms with Gasteiger partial charge in [-0.1, -0.05) is 6.07 Å². The summed E-state index contributed by atoms with van der Waals surface area (Å²) < 4.78 is 78.1. The largest absolute Gasteiger partial charge is 0.416 e. The number of hydrogen-bond acceptors (Lipinski definition) is 5. The highest BCUT2D eigenvalue weighted by molar-refractivity contribution is 5.80. The van der Waals surface area contributed by atoms with Crippen LogP contribution in [-0.4, -0.2) is 52.4 Å². The van der Waals surface area contributed by atoms with Crippen molar-refractivity contribution in [2.45, 2.75) is 88.3 Å². The number of carbonyl (C=O) groups is 1. The third-order valence-corrected chi connectivity index (χ3v) is 7.36. The van der Waals surface area contributed by atoms with Crippen molar-refractivity contribution in [1.29, 1.82) is 0 Å². The molecule has 2 aliphatic carbocycles. The molecular weight excluding hydrogens is 499 g/mol. The van der Waals surface area contributed by atoms with Crippen molar-refractivity contribution in [2.24, 2.45) is 23.3 Å². The molecular formula is C25H33F5N4O3. The number of aromatic amines is 1. The summed E-state index contributed by atoms with van der Waals surface area (Å²) in [5.41, 5.74) is 11.2. The molecule has 5 N–H and O–H groups in total. The number of H-pyrrole nitrogens is 1. The molecule has 37 heavy (non-hydrogen) atoms. The third-order valence-electron chi connectivity index (χ3n) is 7.36. The first-order valence-electron chi connectivity index (χ1n) is 12.4. The van der Waals surface area contributed by atoms with E-state index in [4.69, 9.17) is 20.9 Å². The number of alkyl halides is 5. The van der Waals surface area contributed by atoms with Crippen LogP contribution in [0.25, 0.3) is 11.0 Å². The molecule has 2 aromatic rings. The van der Waals surface area contributed by atoms with E-state index in [1.165, 1.54) is 6.92 Å². The minimum Gasteiger partial charge on any atom is -0.378 e. The predicted molar refractivity (Wildman–Crippen MR) is 126 cm³/mol. The number of nitrogens with one attached hydrogen (secondary N) is 1. The van der Waals surface area contributed by atoms with E-state index in [1.54, 1.807) is 18.2 Å². The fraction of sp³-hybridized carbons (Fsp3) is 0.680. The maximum absolute atomic E-state index is 13.6. The first kappa shape index (κ1) is 27.7. The fourth-order valence-corrected chi connectivity index (χ4v) is 4.86. The second kappa shape index (κ2) is 9.77. The summed E-state index contributed by atoms with van der Waals surface area (Å²) >= 11 is 0. The number of halogens is 5. The summed E-state index contributed by atoms with van der Waals surface area (Å²) in [6.45, 7) is 3.45. The lowest BCUT2D eigenvalue weighted by atomic mass is 9.67. The number of benzene rings is 1. The average molecular weight is 533 g/mol. The molecule has 206 valence electrons. The fourth-order valence-electron chi connectivity index (χ4n) is 4.86. The molecule has 2 aliphatic rings. The highest BCUT2D eigenvalue weighted by Crippen LogP contribution is 2.50. The molecule has 7 nitrogen and oxygen atoms in total. The van der Waals surface area contributed by atoms with Gasteiger partial charge in [0.25, 0.3) is 0 Å². The van der Waals surface area contributed by atoms with Gasteiger partial charge in [0.05, 0.1) is 41.8 Å². The van der Waals surface area contributed by atoms with Crippen LogP contribution in [0.4, 0.5) is 22.0 Å². The molecule has 1 amide bonds. The van der Waals surface area contributed by atoms with E-state index >= 15 is 0 Å². The molecule has 0 aliphatic heterocycles. The van der Waals surface area contributed by atoms with E-state index in [0.29, 0.717) is 16.6 Å². The SMILES string of the molecule is C[C@@H](OC(C)(C)C(F)(F)F)[C@H](N)c1nc2ccc([C@@H](COC3CC3)C(C(N)=O)C3CC(F)(F)C3)cc2[nH]1. The number of nitrogens with zero attached hydrogens (tertiary/aromatic N) is 1. The summed E-state index contributed by atoms with van der Waals surface area (Å²) in [5.74, 6) is -5.17. The molecule has 2 saturated carbocycles. The number of carbonyl (C=O) groups excluding carboxylic acids is 1. The lowest BCUT2D eigenvalue weighted by molar-refractivity contribution is -0.277. The topological polar surface area (TPSA) is 116 Å². The number of amides is 1. The lowest BCUT2D eigenvalue weighted by Gasteiger charge is -2.41. The van der Waals surface area contributed by atoms with Crippen LogP contribution < -0.4 is 11.5 Å². The Morgan fingerprint density at radius 2 is 1.89 bits per heavy atom. The van der Waals surface area contributed by atoms with Crippen LogP contribution in [0.15, 0.2) is 18.2 Å². The molecule has 0 saturated heterocycles. The molecule has 1 heterocycles.